The zero-order chi connectivity index (χ0) is 14.8. The van der Waals surface area contributed by atoms with Crippen LogP contribution in [0.2, 0.25) is 0 Å². The predicted molar refractivity (Wildman–Crippen MR) is 87.1 cm³/mol. The van der Waals surface area contributed by atoms with E-state index < -0.39 is 0 Å². The summed E-state index contributed by atoms with van der Waals surface area (Å²) >= 11 is 0. The second kappa shape index (κ2) is 9.72. The fourth-order valence-corrected chi connectivity index (χ4v) is 2.09. The van der Waals surface area contributed by atoms with Crippen molar-refractivity contribution in [3.05, 3.63) is 23.9 Å². The lowest BCUT2D eigenvalue weighted by Crippen LogP contribution is -2.27. The number of nitrogens with one attached hydrogen (secondary N) is 1. The molecule has 0 aliphatic rings. The van der Waals surface area contributed by atoms with Crippen molar-refractivity contribution in [3.8, 4) is 0 Å². The first-order valence-corrected chi connectivity index (χ1v) is 7.71. The van der Waals surface area contributed by atoms with Crippen LogP contribution >= 0.6 is 0 Å². The topological polar surface area (TPSA) is 31.4 Å². The second-order valence-corrected chi connectivity index (χ2v) is 5.50. The number of anilines is 1. The maximum atomic E-state index is 4.47. The van der Waals surface area contributed by atoms with Crippen molar-refractivity contribution in [1.82, 2.24) is 14.8 Å². The van der Waals surface area contributed by atoms with Gasteiger partial charge in [0.05, 0.1) is 0 Å². The van der Waals surface area contributed by atoms with Crippen LogP contribution in [-0.4, -0.2) is 55.1 Å². The SMILES string of the molecule is CCCNc1ccc(CN(CC)CCCN(C)C)cn1. The average Bonchev–Trinajstić information content (AvgIpc) is 2.45. The Hall–Kier alpha value is -1.13. The Morgan fingerprint density at radius 3 is 2.50 bits per heavy atom. The summed E-state index contributed by atoms with van der Waals surface area (Å²) in [6.45, 7) is 9.74. The fraction of sp³-hybridized carbons (Fsp3) is 0.688. The van der Waals surface area contributed by atoms with Crippen LogP contribution < -0.4 is 5.32 Å². The first kappa shape index (κ1) is 16.9. The van der Waals surface area contributed by atoms with Gasteiger partial charge in [0.25, 0.3) is 0 Å². The minimum absolute atomic E-state index is 0.978. The maximum Gasteiger partial charge on any atom is 0.125 e. The molecule has 0 saturated heterocycles. The minimum Gasteiger partial charge on any atom is -0.370 e. The van der Waals surface area contributed by atoms with Gasteiger partial charge >= 0.3 is 0 Å². The van der Waals surface area contributed by atoms with Crippen LogP contribution in [0.5, 0.6) is 0 Å². The van der Waals surface area contributed by atoms with Crippen molar-refractivity contribution in [3.63, 3.8) is 0 Å². The molecule has 0 aliphatic carbocycles. The van der Waals surface area contributed by atoms with Crippen molar-refractivity contribution >= 4 is 5.82 Å². The molecular weight excluding hydrogens is 248 g/mol. The van der Waals surface area contributed by atoms with Crippen LogP contribution in [0.4, 0.5) is 5.82 Å². The third-order valence-corrected chi connectivity index (χ3v) is 3.31. The lowest BCUT2D eigenvalue weighted by Gasteiger charge is -2.21. The molecule has 4 nitrogen and oxygen atoms in total. The van der Waals surface area contributed by atoms with Crippen LogP contribution in [0.1, 0.15) is 32.3 Å². The minimum atomic E-state index is 0.978. The van der Waals surface area contributed by atoms with E-state index in [1.807, 2.05) is 6.20 Å². The summed E-state index contributed by atoms with van der Waals surface area (Å²) in [6, 6.07) is 4.26. The molecule has 0 amide bonds. The lowest BCUT2D eigenvalue weighted by molar-refractivity contribution is 0.259. The van der Waals surface area contributed by atoms with E-state index in [1.165, 1.54) is 12.0 Å². The molecule has 0 bridgehead atoms. The monoisotopic (exact) mass is 278 g/mol. The van der Waals surface area contributed by atoms with E-state index in [9.17, 15) is 0 Å². The summed E-state index contributed by atoms with van der Waals surface area (Å²) in [5.74, 6) is 0.978. The summed E-state index contributed by atoms with van der Waals surface area (Å²) in [6.07, 6.45) is 4.33. The molecule has 1 N–H and O–H groups in total. The molecule has 1 aromatic heterocycles. The number of aromatic nitrogens is 1. The Morgan fingerprint density at radius 2 is 1.95 bits per heavy atom. The number of nitrogens with zero attached hydrogens (tertiary/aromatic N) is 3. The summed E-state index contributed by atoms with van der Waals surface area (Å²) in [4.78, 5) is 9.18. The van der Waals surface area contributed by atoms with E-state index in [-0.39, 0.29) is 0 Å². The van der Waals surface area contributed by atoms with Gasteiger partial charge in [0.2, 0.25) is 0 Å². The molecule has 0 saturated carbocycles. The van der Waals surface area contributed by atoms with Gasteiger partial charge in [0.15, 0.2) is 0 Å². The zero-order valence-corrected chi connectivity index (χ0v) is 13.5. The normalized spacial score (nSPS) is 11.3. The van der Waals surface area contributed by atoms with Crippen molar-refractivity contribution in [2.24, 2.45) is 0 Å². The van der Waals surface area contributed by atoms with E-state index in [0.717, 1.165) is 45.0 Å². The number of pyridine rings is 1. The first-order chi connectivity index (χ1) is 9.65. The Kier molecular flexibility index (Phi) is 8.23. The molecular formula is C16H30N4. The Labute approximate surface area is 124 Å². The van der Waals surface area contributed by atoms with Crippen molar-refractivity contribution in [2.75, 3.05) is 45.6 Å². The molecule has 20 heavy (non-hydrogen) atoms. The number of hydrogen-bond acceptors (Lipinski definition) is 4. The Balaban J connectivity index is 2.40. The quantitative estimate of drug-likeness (QED) is 0.713. The third kappa shape index (κ3) is 6.87. The van der Waals surface area contributed by atoms with Gasteiger partial charge in [-0.25, -0.2) is 4.98 Å². The van der Waals surface area contributed by atoms with Gasteiger partial charge < -0.3 is 10.2 Å². The molecule has 1 aromatic rings. The smallest absolute Gasteiger partial charge is 0.125 e. The lowest BCUT2D eigenvalue weighted by atomic mass is 10.2. The van der Waals surface area contributed by atoms with Crippen LogP contribution in [0.25, 0.3) is 0 Å². The molecule has 1 rings (SSSR count). The van der Waals surface area contributed by atoms with Crippen LogP contribution in [-0.2, 0) is 6.54 Å². The summed E-state index contributed by atoms with van der Waals surface area (Å²) < 4.78 is 0. The van der Waals surface area contributed by atoms with Gasteiger partial charge in [-0.1, -0.05) is 19.9 Å². The standard InChI is InChI=1S/C16H30N4/c1-5-10-17-16-9-8-15(13-18-16)14-20(6-2)12-7-11-19(3)4/h8-9,13H,5-7,10-12,14H2,1-4H3,(H,17,18). The van der Waals surface area contributed by atoms with E-state index in [0.29, 0.717) is 0 Å². The Morgan fingerprint density at radius 1 is 1.15 bits per heavy atom. The first-order valence-electron chi connectivity index (χ1n) is 7.71. The highest BCUT2D eigenvalue weighted by atomic mass is 15.1. The molecule has 114 valence electrons. The van der Waals surface area contributed by atoms with Gasteiger partial charge in [0.1, 0.15) is 5.82 Å². The molecule has 0 atom stereocenters. The molecule has 4 heteroatoms. The summed E-state index contributed by atoms with van der Waals surface area (Å²) in [5.41, 5.74) is 1.29. The van der Waals surface area contributed by atoms with Gasteiger partial charge in [-0.05, 0) is 58.2 Å². The molecule has 0 aliphatic heterocycles. The third-order valence-electron chi connectivity index (χ3n) is 3.31. The second-order valence-electron chi connectivity index (χ2n) is 5.50. The highest BCUT2D eigenvalue weighted by Crippen LogP contribution is 2.08. The molecule has 0 aromatic carbocycles. The Bertz CT molecular complexity index is 348. The molecule has 1 heterocycles. The summed E-state index contributed by atoms with van der Waals surface area (Å²) in [5, 5.41) is 3.31. The predicted octanol–water partition coefficient (Wildman–Crippen LogP) is 2.68. The zero-order valence-electron chi connectivity index (χ0n) is 13.5. The largest absolute Gasteiger partial charge is 0.370 e. The molecule has 0 radical (unpaired) electrons. The van der Waals surface area contributed by atoms with Gasteiger partial charge in [-0.15, -0.1) is 0 Å². The fourth-order valence-electron chi connectivity index (χ4n) is 2.09. The van der Waals surface area contributed by atoms with Crippen LogP contribution in [0.15, 0.2) is 18.3 Å². The van der Waals surface area contributed by atoms with E-state index >= 15 is 0 Å². The maximum absolute atomic E-state index is 4.47. The average molecular weight is 278 g/mol. The summed E-state index contributed by atoms with van der Waals surface area (Å²) in [7, 11) is 4.25. The van der Waals surface area contributed by atoms with Gasteiger partial charge in [0, 0.05) is 19.3 Å². The van der Waals surface area contributed by atoms with Gasteiger partial charge in [-0.3, -0.25) is 4.90 Å². The van der Waals surface area contributed by atoms with Gasteiger partial charge in [-0.2, -0.15) is 0 Å². The van der Waals surface area contributed by atoms with Crippen molar-refractivity contribution in [1.29, 1.82) is 0 Å². The van der Waals surface area contributed by atoms with Crippen molar-refractivity contribution < 1.29 is 0 Å². The molecule has 0 fully saturated rings. The number of hydrogen-bond donors (Lipinski definition) is 1. The van der Waals surface area contributed by atoms with E-state index in [1.54, 1.807) is 0 Å². The van der Waals surface area contributed by atoms with Crippen molar-refractivity contribution in [2.45, 2.75) is 33.2 Å². The van der Waals surface area contributed by atoms with E-state index in [4.69, 9.17) is 0 Å². The number of rotatable bonds is 10. The van der Waals surface area contributed by atoms with Crippen LogP contribution in [0, 0.1) is 0 Å². The highest BCUT2D eigenvalue weighted by molar-refractivity contribution is 5.35. The molecule has 0 unspecified atom stereocenters. The van der Waals surface area contributed by atoms with E-state index in [2.05, 4.69) is 60.2 Å². The van der Waals surface area contributed by atoms with Crippen LogP contribution in [0.3, 0.4) is 0 Å². The molecule has 0 spiro atoms. The highest BCUT2D eigenvalue weighted by Gasteiger charge is 2.04.